The van der Waals surface area contributed by atoms with Crippen molar-refractivity contribution in [3.05, 3.63) is 0 Å². The second-order valence-corrected chi connectivity index (χ2v) is 6.36. The molecule has 18 heavy (non-hydrogen) atoms. The Bertz CT molecular complexity index is 424. The Hall–Kier alpha value is -0.700. The molecule has 0 aliphatic carbocycles. The van der Waals surface area contributed by atoms with Crippen molar-refractivity contribution in [2.75, 3.05) is 20.3 Å². The second kappa shape index (κ2) is 5.12. The van der Waals surface area contributed by atoms with Crippen LogP contribution in [0.4, 0.5) is 0 Å². The number of methoxy groups -OCH3 is 1. The molecule has 2 heterocycles. The van der Waals surface area contributed by atoms with E-state index in [-0.39, 0.29) is 12.6 Å². The van der Waals surface area contributed by atoms with Crippen LogP contribution in [0.3, 0.4) is 0 Å². The van der Waals surface area contributed by atoms with Crippen molar-refractivity contribution in [2.24, 2.45) is 5.92 Å². The van der Waals surface area contributed by atoms with Crippen LogP contribution in [0.5, 0.6) is 0 Å². The standard InChI is InChI=1S/C10H18N2O5S/c1-17-5-4-11-18(15,16)12-7-2-3-9(12)8(6-7)10(13)14/h7-9,11H,2-6H2,1H3,(H,13,14). The molecule has 2 saturated heterocycles. The normalized spacial score (nSPS) is 31.9. The summed E-state index contributed by atoms with van der Waals surface area (Å²) in [7, 11) is -2.10. The van der Waals surface area contributed by atoms with E-state index in [0.29, 0.717) is 19.4 Å². The summed E-state index contributed by atoms with van der Waals surface area (Å²) in [6, 6.07) is -0.566. The van der Waals surface area contributed by atoms with Gasteiger partial charge in [0, 0.05) is 25.7 Å². The second-order valence-electron chi connectivity index (χ2n) is 4.70. The molecule has 7 nitrogen and oxygen atoms in total. The third-order valence-electron chi connectivity index (χ3n) is 3.66. The molecule has 3 atom stereocenters. The van der Waals surface area contributed by atoms with Gasteiger partial charge in [-0.3, -0.25) is 4.79 Å². The Morgan fingerprint density at radius 3 is 2.78 bits per heavy atom. The lowest BCUT2D eigenvalue weighted by molar-refractivity contribution is -0.142. The Kier molecular flexibility index (Phi) is 3.90. The molecule has 2 aliphatic rings. The highest BCUT2D eigenvalue weighted by atomic mass is 32.2. The van der Waals surface area contributed by atoms with Crippen molar-refractivity contribution >= 4 is 16.2 Å². The molecule has 2 N–H and O–H groups in total. The van der Waals surface area contributed by atoms with Gasteiger partial charge < -0.3 is 9.84 Å². The van der Waals surface area contributed by atoms with Crippen LogP contribution in [0.2, 0.25) is 0 Å². The monoisotopic (exact) mass is 278 g/mol. The Morgan fingerprint density at radius 1 is 1.50 bits per heavy atom. The van der Waals surface area contributed by atoms with Crippen LogP contribution in [0, 0.1) is 5.92 Å². The Morgan fingerprint density at radius 2 is 2.22 bits per heavy atom. The maximum absolute atomic E-state index is 12.1. The van der Waals surface area contributed by atoms with Gasteiger partial charge in [-0.1, -0.05) is 0 Å². The van der Waals surface area contributed by atoms with Gasteiger partial charge in [-0.25, -0.2) is 0 Å². The van der Waals surface area contributed by atoms with Gasteiger partial charge in [-0.05, 0) is 19.3 Å². The summed E-state index contributed by atoms with van der Waals surface area (Å²) in [6.07, 6.45) is 1.80. The van der Waals surface area contributed by atoms with Crippen molar-refractivity contribution in [1.29, 1.82) is 0 Å². The van der Waals surface area contributed by atoms with Crippen molar-refractivity contribution in [3.63, 3.8) is 0 Å². The fourth-order valence-electron chi connectivity index (χ4n) is 2.93. The van der Waals surface area contributed by atoms with E-state index in [1.165, 1.54) is 11.4 Å². The zero-order chi connectivity index (χ0) is 13.3. The van der Waals surface area contributed by atoms with Gasteiger partial charge in [0.2, 0.25) is 0 Å². The fraction of sp³-hybridized carbons (Fsp3) is 0.900. The molecule has 2 bridgehead atoms. The molecule has 0 radical (unpaired) electrons. The number of ether oxygens (including phenoxy) is 1. The average Bonchev–Trinajstić information content (AvgIpc) is 2.86. The van der Waals surface area contributed by atoms with E-state index in [4.69, 9.17) is 9.84 Å². The number of hydrogen-bond donors (Lipinski definition) is 2. The number of nitrogens with zero attached hydrogens (tertiary/aromatic N) is 1. The summed E-state index contributed by atoms with van der Waals surface area (Å²) in [5.74, 6) is -1.47. The molecule has 0 spiro atoms. The lowest BCUT2D eigenvalue weighted by Crippen LogP contribution is -2.45. The number of rotatable bonds is 6. The molecule has 2 aliphatic heterocycles. The number of hydrogen-bond acceptors (Lipinski definition) is 4. The highest BCUT2D eigenvalue weighted by Crippen LogP contribution is 2.43. The summed E-state index contributed by atoms with van der Waals surface area (Å²) >= 11 is 0. The number of fused-ring (bicyclic) bond motifs is 2. The molecular weight excluding hydrogens is 260 g/mol. The first-order valence-corrected chi connectivity index (χ1v) is 7.41. The van der Waals surface area contributed by atoms with Gasteiger partial charge in [-0.15, -0.1) is 0 Å². The van der Waals surface area contributed by atoms with Crippen LogP contribution in [0.25, 0.3) is 0 Å². The first-order chi connectivity index (χ1) is 8.47. The van der Waals surface area contributed by atoms with Crippen molar-refractivity contribution in [1.82, 2.24) is 9.03 Å². The Balaban J connectivity index is 2.07. The molecule has 0 saturated carbocycles. The van der Waals surface area contributed by atoms with Gasteiger partial charge in [0.25, 0.3) is 10.2 Å². The zero-order valence-electron chi connectivity index (χ0n) is 10.2. The van der Waals surface area contributed by atoms with E-state index in [1.54, 1.807) is 0 Å². The van der Waals surface area contributed by atoms with E-state index in [9.17, 15) is 13.2 Å². The van der Waals surface area contributed by atoms with Crippen LogP contribution >= 0.6 is 0 Å². The van der Waals surface area contributed by atoms with Gasteiger partial charge >= 0.3 is 5.97 Å². The predicted molar refractivity (Wildman–Crippen MR) is 63.2 cm³/mol. The quantitative estimate of drug-likeness (QED) is 0.633. The summed E-state index contributed by atoms with van der Waals surface area (Å²) in [5.41, 5.74) is 0. The van der Waals surface area contributed by atoms with Crippen LogP contribution < -0.4 is 4.72 Å². The molecule has 0 aromatic rings. The molecular formula is C10H18N2O5S. The third-order valence-corrected chi connectivity index (χ3v) is 5.35. The summed E-state index contributed by atoms with van der Waals surface area (Å²) in [5, 5.41) is 9.07. The van der Waals surface area contributed by atoms with Crippen LogP contribution in [0.1, 0.15) is 19.3 Å². The van der Waals surface area contributed by atoms with Crippen molar-refractivity contribution in [2.45, 2.75) is 31.3 Å². The van der Waals surface area contributed by atoms with Crippen LogP contribution in [-0.2, 0) is 19.7 Å². The lowest BCUT2D eigenvalue weighted by Gasteiger charge is -2.22. The molecule has 2 rings (SSSR count). The minimum Gasteiger partial charge on any atom is -0.481 e. The first-order valence-electron chi connectivity index (χ1n) is 5.97. The molecule has 0 aromatic carbocycles. The Labute approximate surface area is 106 Å². The van der Waals surface area contributed by atoms with E-state index in [2.05, 4.69) is 4.72 Å². The molecule has 8 heteroatoms. The fourth-order valence-corrected chi connectivity index (χ4v) is 4.61. The minimum atomic E-state index is -3.59. The molecule has 0 aromatic heterocycles. The molecule has 2 fully saturated rings. The van der Waals surface area contributed by atoms with Gasteiger partial charge in [-0.2, -0.15) is 17.4 Å². The van der Waals surface area contributed by atoms with Gasteiger partial charge in [0.05, 0.1) is 12.5 Å². The maximum atomic E-state index is 12.1. The number of carbonyl (C=O) groups is 1. The van der Waals surface area contributed by atoms with E-state index >= 15 is 0 Å². The largest absolute Gasteiger partial charge is 0.481 e. The van der Waals surface area contributed by atoms with E-state index < -0.39 is 28.1 Å². The summed E-state index contributed by atoms with van der Waals surface area (Å²) < 4.78 is 32.8. The highest BCUT2D eigenvalue weighted by Gasteiger charge is 2.54. The maximum Gasteiger partial charge on any atom is 0.308 e. The topological polar surface area (TPSA) is 95.9 Å². The predicted octanol–water partition coefficient (Wildman–Crippen LogP) is -0.595. The molecule has 104 valence electrons. The molecule has 0 amide bonds. The number of carboxylic acid groups (broad SMARTS) is 1. The van der Waals surface area contributed by atoms with Crippen LogP contribution in [-0.4, -0.2) is 56.1 Å². The van der Waals surface area contributed by atoms with Gasteiger partial charge in [0.1, 0.15) is 0 Å². The molecule has 3 unspecified atom stereocenters. The number of carboxylic acids is 1. The summed E-state index contributed by atoms with van der Waals surface area (Å²) in [4.78, 5) is 11.1. The number of aliphatic carboxylic acids is 1. The van der Waals surface area contributed by atoms with Crippen molar-refractivity contribution < 1.29 is 23.1 Å². The van der Waals surface area contributed by atoms with Crippen molar-refractivity contribution in [3.8, 4) is 0 Å². The lowest BCUT2D eigenvalue weighted by atomic mass is 9.89. The highest BCUT2D eigenvalue weighted by molar-refractivity contribution is 7.87. The van der Waals surface area contributed by atoms with Gasteiger partial charge in [0.15, 0.2) is 0 Å². The minimum absolute atomic E-state index is 0.170. The summed E-state index contributed by atoms with van der Waals surface area (Å²) in [6.45, 7) is 0.497. The van der Waals surface area contributed by atoms with E-state index in [0.717, 1.165) is 6.42 Å². The number of nitrogens with one attached hydrogen (secondary N) is 1. The third kappa shape index (κ3) is 2.37. The SMILES string of the molecule is COCCNS(=O)(=O)N1C2CCC1C(C(=O)O)C2. The zero-order valence-corrected chi connectivity index (χ0v) is 11.0. The average molecular weight is 278 g/mol. The van der Waals surface area contributed by atoms with Crippen LogP contribution in [0.15, 0.2) is 0 Å². The smallest absolute Gasteiger partial charge is 0.308 e. The first kappa shape index (κ1) is 13.7. The van der Waals surface area contributed by atoms with E-state index in [1.807, 2.05) is 0 Å².